The first-order chi connectivity index (χ1) is 21.8. The number of rotatable bonds is 4. The van der Waals surface area contributed by atoms with Gasteiger partial charge in [-0.1, -0.05) is 109 Å². The fourth-order valence-electron chi connectivity index (χ4n) is 6.94. The van der Waals surface area contributed by atoms with Gasteiger partial charge in [-0.25, -0.2) is 0 Å². The second-order valence-electron chi connectivity index (χ2n) is 11.3. The Morgan fingerprint density at radius 1 is 0.318 bits per heavy atom. The van der Waals surface area contributed by atoms with Gasteiger partial charge in [-0.05, 0) is 92.7 Å². The smallest absolute Gasteiger partial charge is 0.136 e. The molecule has 0 N–H and O–H groups in total. The molecular weight excluding hydrogens is 534 g/mol. The third-order valence-electron chi connectivity index (χ3n) is 8.83. The Bertz CT molecular complexity index is 2410. The van der Waals surface area contributed by atoms with Gasteiger partial charge in [0.2, 0.25) is 0 Å². The molecule has 9 aromatic rings. The summed E-state index contributed by atoms with van der Waals surface area (Å²) in [5.41, 5.74) is 7.66. The Labute approximate surface area is 255 Å². The predicted molar refractivity (Wildman–Crippen MR) is 186 cm³/mol. The molecule has 0 aliphatic rings. The Balaban J connectivity index is 1.28. The van der Waals surface area contributed by atoms with Crippen LogP contribution in [0.1, 0.15) is 0 Å². The number of furan rings is 1. The SMILES string of the molecule is c1ccc(N(c2ccccc2)c2ccc(-c3cccc4c5ccc6oc7ccccc7c6c5c5ccccc5c34)cc2)cc1. The second-order valence-corrected chi connectivity index (χ2v) is 11.3. The highest BCUT2D eigenvalue weighted by molar-refractivity contribution is 6.36. The van der Waals surface area contributed by atoms with Crippen LogP contribution in [0.5, 0.6) is 0 Å². The molecule has 9 rings (SSSR count). The Morgan fingerprint density at radius 2 is 0.841 bits per heavy atom. The number of benzene rings is 8. The van der Waals surface area contributed by atoms with Crippen LogP contribution in [0.25, 0.3) is 65.4 Å². The van der Waals surface area contributed by atoms with E-state index >= 15 is 0 Å². The average molecular weight is 562 g/mol. The van der Waals surface area contributed by atoms with Crippen molar-refractivity contribution in [2.75, 3.05) is 4.90 Å². The van der Waals surface area contributed by atoms with E-state index in [1.54, 1.807) is 0 Å². The molecule has 0 bridgehead atoms. The fraction of sp³-hybridized carbons (Fsp3) is 0. The van der Waals surface area contributed by atoms with E-state index in [-0.39, 0.29) is 0 Å². The van der Waals surface area contributed by atoms with Crippen molar-refractivity contribution < 1.29 is 4.42 Å². The highest BCUT2D eigenvalue weighted by Gasteiger charge is 2.18. The Kier molecular flexibility index (Phi) is 5.54. The van der Waals surface area contributed by atoms with E-state index in [9.17, 15) is 0 Å². The van der Waals surface area contributed by atoms with Crippen LogP contribution in [0.4, 0.5) is 17.1 Å². The topological polar surface area (TPSA) is 16.4 Å². The van der Waals surface area contributed by atoms with Gasteiger partial charge in [0.15, 0.2) is 0 Å². The van der Waals surface area contributed by atoms with Crippen LogP contribution in [0, 0.1) is 0 Å². The maximum Gasteiger partial charge on any atom is 0.136 e. The lowest BCUT2D eigenvalue weighted by Crippen LogP contribution is -2.09. The highest BCUT2D eigenvalue weighted by atomic mass is 16.3. The minimum atomic E-state index is 0.924. The summed E-state index contributed by atoms with van der Waals surface area (Å²) >= 11 is 0. The van der Waals surface area contributed by atoms with Gasteiger partial charge in [-0.15, -0.1) is 0 Å². The average Bonchev–Trinajstić information content (AvgIpc) is 3.48. The van der Waals surface area contributed by atoms with E-state index in [2.05, 4.69) is 163 Å². The van der Waals surface area contributed by atoms with Crippen molar-refractivity contribution in [3.05, 3.63) is 164 Å². The van der Waals surface area contributed by atoms with Crippen molar-refractivity contribution in [2.45, 2.75) is 0 Å². The van der Waals surface area contributed by atoms with Crippen molar-refractivity contribution >= 4 is 71.3 Å². The van der Waals surface area contributed by atoms with E-state index in [4.69, 9.17) is 4.42 Å². The zero-order valence-electron chi connectivity index (χ0n) is 23.9. The van der Waals surface area contributed by atoms with Gasteiger partial charge in [0, 0.05) is 33.2 Å². The molecule has 2 heteroatoms. The van der Waals surface area contributed by atoms with Crippen molar-refractivity contribution in [1.29, 1.82) is 0 Å². The van der Waals surface area contributed by atoms with Gasteiger partial charge in [0.25, 0.3) is 0 Å². The summed E-state index contributed by atoms with van der Waals surface area (Å²) in [5, 5.41) is 9.87. The summed E-state index contributed by atoms with van der Waals surface area (Å²) in [6, 6.07) is 58.4. The minimum Gasteiger partial charge on any atom is -0.456 e. The van der Waals surface area contributed by atoms with Crippen LogP contribution in [-0.4, -0.2) is 0 Å². The zero-order valence-corrected chi connectivity index (χ0v) is 23.9. The molecular formula is C42H27NO. The largest absolute Gasteiger partial charge is 0.456 e. The molecule has 2 nitrogen and oxygen atoms in total. The first-order valence-electron chi connectivity index (χ1n) is 15.0. The Hall–Kier alpha value is -5.86. The quantitative estimate of drug-likeness (QED) is 0.199. The van der Waals surface area contributed by atoms with Crippen LogP contribution in [0.2, 0.25) is 0 Å². The predicted octanol–water partition coefficient (Wildman–Crippen LogP) is 12.2. The molecule has 1 aromatic heterocycles. The van der Waals surface area contributed by atoms with E-state index in [1.165, 1.54) is 48.8 Å². The molecule has 44 heavy (non-hydrogen) atoms. The lowest BCUT2D eigenvalue weighted by molar-refractivity contribution is 0.669. The highest BCUT2D eigenvalue weighted by Crippen LogP contribution is 2.45. The third-order valence-corrected chi connectivity index (χ3v) is 8.83. The maximum absolute atomic E-state index is 6.30. The van der Waals surface area contributed by atoms with Gasteiger partial charge in [0.05, 0.1) is 0 Å². The summed E-state index contributed by atoms with van der Waals surface area (Å²) in [4.78, 5) is 2.30. The Morgan fingerprint density at radius 3 is 1.52 bits per heavy atom. The molecule has 206 valence electrons. The molecule has 0 fully saturated rings. The minimum absolute atomic E-state index is 0.924. The molecule has 0 aliphatic heterocycles. The molecule has 0 aliphatic carbocycles. The summed E-state index contributed by atoms with van der Waals surface area (Å²) in [6.45, 7) is 0. The van der Waals surface area contributed by atoms with Crippen LogP contribution >= 0.6 is 0 Å². The van der Waals surface area contributed by atoms with Gasteiger partial charge in [0.1, 0.15) is 11.2 Å². The fourth-order valence-corrected chi connectivity index (χ4v) is 6.94. The lowest BCUT2D eigenvalue weighted by atomic mass is 9.88. The first kappa shape index (κ1) is 24.7. The number of fused-ring (bicyclic) bond motifs is 10. The van der Waals surface area contributed by atoms with Gasteiger partial charge < -0.3 is 9.32 Å². The van der Waals surface area contributed by atoms with Crippen LogP contribution in [-0.2, 0) is 0 Å². The van der Waals surface area contributed by atoms with Crippen molar-refractivity contribution in [2.24, 2.45) is 0 Å². The van der Waals surface area contributed by atoms with E-state index < -0.39 is 0 Å². The second kappa shape index (κ2) is 9.86. The first-order valence-corrected chi connectivity index (χ1v) is 15.0. The number of hydrogen-bond acceptors (Lipinski definition) is 2. The molecule has 0 spiro atoms. The summed E-state index contributed by atoms with van der Waals surface area (Å²) in [7, 11) is 0. The third kappa shape index (κ3) is 3.75. The van der Waals surface area contributed by atoms with Gasteiger partial charge >= 0.3 is 0 Å². The summed E-state index contributed by atoms with van der Waals surface area (Å²) in [6.07, 6.45) is 0. The molecule has 1 heterocycles. The van der Waals surface area contributed by atoms with E-state index in [1.807, 2.05) is 6.07 Å². The van der Waals surface area contributed by atoms with Crippen molar-refractivity contribution in [3.8, 4) is 11.1 Å². The lowest BCUT2D eigenvalue weighted by Gasteiger charge is -2.25. The van der Waals surface area contributed by atoms with Crippen LogP contribution < -0.4 is 4.90 Å². The number of nitrogens with zero attached hydrogens (tertiary/aromatic N) is 1. The molecule has 0 amide bonds. The zero-order chi connectivity index (χ0) is 29.0. The molecule has 0 radical (unpaired) electrons. The normalized spacial score (nSPS) is 11.6. The molecule has 0 saturated heterocycles. The number of hydrogen-bond donors (Lipinski definition) is 0. The van der Waals surface area contributed by atoms with Gasteiger partial charge in [-0.3, -0.25) is 0 Å². The van der Waals surface area contributed by atoms with E-state index in [0.717, 1.165) is 33.6 Å². The number of anilines is 3. The molecule has 0 unspecified atom stereocenters. The molecule has 0 atom stereocenters. The van der Waals surface area contributed by atoms with Crippen molar-refractivity contribution in [1.82, 2.24) is 0 Å². The van der Waals surface area contributed by atoms with Crippen LogP contribution in [0.3, 0.4) is 0 Å². The monoisotopic (exact) mass is 561 g/mol. The van der Waals surface area contributed by atoms with E-state index in [0.29, 0.717) is 0 Å². The van der Waals surface area contributed by atoms with Gasteiger partial charge in [-0.2, -0.15) is 0 Å². The molecule has 8 aromatic carbocycles. The number of para-hydroxylation sites is 3. The summed E-state index contributed by atoms with van der Waals surface area (Å²) < 4.78 is 6.30. The maximum atomic E-state index is 6.30. The van der Waals surface area contributed by atoms with Crippen molar-refractivity contribution in [3.63, 3.8) is 0 Å². The standard InChI is InChI=1S/C42H27NO/c1-3-12-29(13-4-1)43(30-14-5-2-6-15-30)31-24-22-28(23-25-31)32-19-11-20-34-36-26-27-39-42(37-18-9-10-21-38(37)44-39)41(36)35-17-8-7-16-33(35)40(32)34/h1-27H. The summed E-state index contributed by atoms with van der Waals surface area (Å²) in [5.74, 6) is 0. The molecule has 0 saturated carbocycles. The van der Waals surface area contributed by atoms with Crippen LogP contribution in [0.15, 0.2) is 168 Å².